The second kappa shape index (κ2) is 10.8. The van der Waals surface area contributed by atoms with E-state index in [-0.39, 0.29) is 23.0 Å². The zero-order valence-corrected chi connectivity index (χ0v) is 21.6. The summed E-state index contributed by atoms with van der Waals surface area (Å²) >= 11 is 7.65. The molecule has 0 unspecified atom stereocenters. The van der Waals surface area contributed by atoms with E-state index in [4.69, 9.17) is 16.3 Å². The van der Waals surface area contributed by atoms with Gasteiger partial charge in [0.05, 0.1) is 27.5 Å². The lowest BCUT2D eigenvalue weighted by molar-refractivity contribution is -0.118. The highest BCUT2D eigenvalue weighted by Crippen LogP contribution is 2.39. The molecule has 0 aliphatic carbocycles. The molecular weight excluding hydrogens is 482 g/mol. The van der Waals surface area contributed by atoms with Crippen LogP contribution in [0.1, 0.15) is 18.4 Å². The third-order valence-corrected chi connectivity index (χ3v) is 8.42. The molecule has 7 nitrogen and oxygen atoms in total. The van der Waals surface area contributed by atoms with E-state index in [2.05, 4.69) is 4.98 Å². The minimum atomic E-state index is -3.58. The zero-order chi connectivity index (χ0) is 24.2. The number of carbonyl (C=O) groups excluding carboxylic acids is 1. The van der Waals surface area contributed by atoms with Gasteiger partial charge < -0.3 is 9.64 Å². The minimum absolute atomic E-state index is 0.140. The number of benzene rings is 2. The van der Waals surface area contributed by atoms with Gasteiger partial charge in [0.25, 0.3) is 0 Å². The molecule has 33 heavy (non-hydrogen) atoms. The van der Waals surface area contributed by atoms with Gasteiger partial charge in [-0.3, -0.25) is 9.69 Å². The van der Waals surface area contributed by atoms with Crippen LogP contribution in [0, 0.1) is 6.92 Å². The lowest BCUT2D eigenvalue weighted by Gasteiger charge is -2.21. The third kappa shape index (κ3) is 6.23. The van der Waals surface area contributed by atoms with Crippen LogP contribution in [-0.4, -0.2) is 64.3 Å². The van der Waals surface area contributed by atoms with Crippen LogP contribution in [0.25, 0.3) is 10.2 Å². The van der Waals surface area contributed by atoms with Gasteiger partial charge in [-0.1, -0.05) is 40.6 Å². The van der Waals surface area contributed by atoms with Crippen molar-refractivity contribution in [2.24, 2.45) is 0 Å². The first kappa shape index (κ1) is 25.4. The summed E-state index contributed by atoms with van der Waals surface area (Å²) in [6.07, 6.45) is 0.573. The van der Waals surface area contributed by atoms with Crippen LogP contribution >= 0.6 is 22.9 Å². The molecule has 1 heterocycles. The third-order valence-electron chi connectivity index (χ3n) is 5.15. The maximum Gasteiger partial charge on any atom is 0.229 e. The first-order valence-corrected chi connectivity index (χ1v) is 13.3. The molecule has 0 atom stereocenters. The quantitative estimate of drug-likeness (QED) is 0.402. The molecule has 0 aliphatic heterocycles. The first-order chi connectivity index (χ1) is 15.6. The summed E-state index contributed by atoms with van der Waals surface area (Å²) in [6, 6.07) is 10.1. The van der Waals surface area contributed by atoms with E-state index in [0.717, 1.165) is 16.8 Å². The van der Waals surface area contributed by atoms with Crippen LogP contribution in [-0.2, 0) is 14.6 Å². The summed E-state index contributed by atoms with van der Waals surface area (Å²) < 4.78 is 31.6. The number of rotatable bonds is 10. The van der Waals surface area contributed by atoms with Crippen molar-refractivity contribution in [3.63, 3.8) is 0 Å². The van der Waals surface area contributed by atoms with Gasteiger partial charge in [-0.25, -0.2) is 13.4 Å². The van der Waals surface area contributed by atoms with Gasteiger partial charge in [-0.2, -0.15) is 0 Å². The number of carbonyl (C=O) groups is 1. The molecule has 3 rings (SSSR count). The van der Waals surface area contributed by atoms with E-state index in [0.29, 0.717) is 34.4 Å². The Balaban J connectivity index is 1.85. The van der Waals surface area contributed by atoms with Crippen molar-refractivity contribution < 1.29 is 17.9 Å². The predicted octanol–water partition coefficient (Wildman–Crippen LogP) is 4.42. The normalized spacial score (nSPS) is 11.8. The van der Waals surface area contributed by atoms with Crippen molar-refractivity contribution >= 4 is 54.0 Å². The van der Waals surface area contributed by atoms with E-state index in [9.17, 15) is 13.2 Å². The van der Waals surface area contributed by atoms with Crippen LogP contribution in [0.4, 0.5) is 5.13 Å². The highest BCUT2D eigenvalue weighted by Gasteiger charge is 2.24. The zero-order valence-electron chi connectivity index (χ0n) is 19.2. The summed E-state index contributed by atoms with van der Waals surface area (Å²) in [5.74, 6) is 0.00625. The van der Waals surface area contributed by atoms with Crippen LogP contribution < -0.4 is 9.64 Å². The number of methoxy groups -OCH3 is 1. The Labute approximate surface area is 203 Å². The molecule has 2 aromatic carbocycles. The Hall–Kier alpha value is -2.20. The van der Waals surface area contributed by atoms with Gasteiger partial charge in [0.2, 0.25) is 5.91 Å². The molecule has 1 aromatic heterocycles. The van der Waals surface area contributed by atoms with E-state index < -0.39 is 9.84 Å². The summed E-state index contributed by atoms with van der Waals surface area (Å²) in [4.78, 5) is 21.7. The number of fused-ring (bicyclic) bond motifs is 1. The molecule has 0 N–H and O–H groups in total. The number of anilines is 1. The molecule has 3 aromatic rings. The van der Waals surface area contributed by atoms with E-state index in [1.807, 2.05) is 25.9 Å². The SMILES string of the molecule is COc1ccc(Cl)c2sc(N(CCCN(C)C)C(=O)CCS(=O)(=O)c3ccc(C)cc3)nc12. The average Bonchev–Trinajstić information content (AvgIpc) is 3.21. The molecule has 10 heteroatoms. The molecule has 0 saturated heterocycles. The largest absolute Gasteiger partial charge is 0.494 e. The number of sulfone groups is 1. The number of aryl methyl sites for hydroxylation is 1. The smallest absolute Gasteiger partial charge is 0.229 e. The molecule has 1 amide bonds. The minimum Gasteiger partial charge on any atom is -0.494 e. The van der Waals surface area contributed by atoms with Crippen molar-refractivity contribution in [1.29, 1.82) is 0 Å². The Kier molecular flexibility index (Phi) is 8.33. The maximum atomic E-state index is 13.2. The highest BCUT2D eigenvalue weighted by atomic mass is 35.5. The van der Waals surface area contributed by atoms with Crippen LogP contribution in [0.2, 0.25) is 5.02 Å². The Morgan fingerprint density at radius 2 is 1.82 bits per heavy atom. The molecule has 0 aliphatic rings. The van der Waals surface area contributed by atoms with Crippen LogP contribution in [0.3, 0.4) is 0 Å². The summed E-state index contributed by atoms with van der Waals surface area (Å²) in [5, 5.41) is 1.00. The fourth-order valence-electron chi connectivity index (χ4n) is 3.31. The number of halogens is 1. The second-order valence-electron chi connectivity index (χ2n) is 8.01. The molecule has 0 fully saturated rings. The highest BCUT2D eigenvalue weighted by molar-refractivity contribution is 7.91. The number of amides is 1. The fourth-order valence-corrected chi connectivity index (χ4v) is 5.84. The Morgan fingerprint density at radius 1 is 1.12 bits per heavy atom. The lowest BCUT2D eigenvalue weighted by Crippen LogP contribution is -2.34. The summed E-state index contributed by atoms with van der Waals surface area (Å²) in [6.45, 7) is 3.09. The van der Waals surface area contributed by atoms with Crippen LogP contribution in [0.5, 0.6) is 5.75 Å². The number of nitrogens with zero attached hydrogens (tertiary/aromatic N) is 3. The van der Waals surface area contributed by atoms with Gasteiger partial charge in [0.1, 0.15) is 11.3 Å². The van der Waals surface area contributed by atoms with Crippen molar-refractivity contribution in [2.75, 3.05) is 44.9 Å². The predicted molar refractivity (Wildman–Crippen MR) is 135 cm³/mol. The number of hydrogen-bond donors (Lipinski definition) is 0. The van der Waals surface area contributed by atoms with Gasteiger partial charge in [-0.05, 0) is 58.3 Å². The number of hydrogen-bond acceptors (Lipinski definition) is 7. The van der Waals surface area contributed by atoms with Crippen LogP contribution in [0.15, 0.2) is 41.3 Å². The van der Waals surface area contributed by atoms with Crippen molar-refractivity contribution in [1.82, 2.24) is 9.88 Å². The summed E-state index contributed by atoms with van der Waals surface area (Å²) in [5.41, 5.74) is 1.56. The molecule has 0 saturated carbocycles. The van der Waals surface area contributed by atoms with E-state index >= 15 is 0 Å². The maximum absolute atomic E-state index is 13.2. The van der Waals surface area contributed by atoms with Crippen molar-refractivity contribution in [2.45, 2.75) is 24.7 Å². The molecular formula is C23H28ClN3O4S2. The van der Waals surface area contributed by atoms with E-state index in [1.54, 1.807) is 48.4 Å². The Bertz CT molecular complexity index is 1220. The van der Waals surface area contributed by atoms with Gasteiger partial charge in [0.15, 0.2) is 15.0 Å². The van der Waals surface area contributed by atoms with Gasteiger partial charge in [-0.15, -0.1) is 0 Å². The lowest BCUT2D eigenvalue weighted by atomic mass is 10.2. The van der Waals surface area contributed by atoms with Gasteiger partial charge in [0, 0.05) is 13.0 Å². The number of aromatic nitrogens is 1. The second-order valence-corrected chi connectivity index (χ2v) is 11.5. The average molecular weight is 510 g/mol. The first-order valence-electron chi connectivity index (χ1n) is 10.5. The standard InChI is InChI=1S/C23H28ClN3O4S2/c1-16-6-8-17(9-7-16)33(29,30)15-12-20(28)27(14-5-13-26(2)3)23-25-21-19(31-4)11-10-18(24)22(21)32-23/h6-11H,5,12-15H2,1-4H3. The molecule has 0 spiro atoms. The Morgan fingerprint density at radius 3 is 2.45 bits per heavy atom. The number of thiazole rings is 1. The topological polar surface area (TPSA) is 79.8 Å². The molecule has 0 bridgehead atoms. The monoisotopic (exact) mass is 509 g/mol. The fraction of sp³-hybridized carbons (Fsp3) is 0.391. The van der Waals surface area contributed by atoms with E-state index in [1.165, 1.54) is 11.3 Å². The molecule has 178 valence electrons. The molecule has 0 radical (unpaired) electrons. The number of ether oxygens (including phenoxy) is 1. The van der Waals surface area contributed by atoms with Crippen molar-refractivity contribution in [3.8, 4) is 5.75 Å². The van der Waals surface area contributed by atoms with Crippen molar-refractivity contribution in [3.05, 3.63) is 47.0 Å². The summed E-state index contributed by atoms with van der Waals surface area (Å²) in [7, 11) is 1.90. The van der Waals surface area contributed by atoms with Gasteiger partial charge >= 0.3 is 0 Å².